The predicted octanol–water partition coefficient (Wildman–Crippen LogP) is 3.52. The van der Waals surface area contributed by atoms with Crippen LogP contribution in [-0.2, 0) is 4.79 Å². The molecule has 0 fully saturated rings. The Morgan fingerprint density at radius 3 is 2.58 bits per heavy atom. The van der Waals surface area contributed by atoms with Crippen molar-refractivity contribution in [3.8, 4) is 0 Å². The first kappa shape index (κ1) is 14.4. The smallest absolute Gasteiger partial charge is 0.313 e. The second kappa shape index (κ2) is 4.82. The van der Waals surface area contributed by atoms with Gasteiger partial charge >= 0.3 is 6.18 Å². The van der Waals surface area contributed by atoms with E-state index in [1.807, 2.05) is 5.38 Å². The highest BCUT2D eigenvalue weighted by Crippen LogP contribution is 2.47. The zero-order chi connectivity index (χ0) is 14.3. The first-order valence-electron chi connectivity index (χ1n) is 5.49. The predicted molar refractivity (Wildman–Crippen MR) is 71.8 cm³/mol. The highest BCUT2D eigenvalue weighted by atomic mass is 32.2. The van der Waals surface area contributed by atoms with Crippen LogP contribution in [0.15, 0.2) is 22.5 Å². The zero-order valence-electron chi connectivity index (χ0n) is 10.2. The van der Waals surface area contributed by atoms with Crippen molar-refractivity contribution in [1.29, 1.82) is 0 Å². The Morgan fingerprint density at radius 2 is 2.16 bits per heavy atom. The fourth-order valence-electron chi connectivity index (χ4n) is 1.55. The molecule has 1 aliphatic heterocycles. The van der Waals surface area contributed by atoms with Crippen LogP contribution >= 0.6 is 23.1 Å². The molecule has 3 nitrogen and oxygen atoms in total. The maximum absolute atomic E-state index is 12.9. The number of amidine groups is 1. The van der Waals surface area contributed by atoms with Crippen LogP contribution in [0.5, 0.6) is 0 Å². The number of halogens is 3. The maximum atomic E-state index is 12.9. The van der Waals surface area contributed by atoms with E-state index in [-0.39, 0.29) is 5.17 Å². The highest BCUT2D eigenvalue weighted by molar-refractivity contribution is 8.16. The van der Waals surface area contributed by atoms with Gasteiger partial charge in [0.25, 0.3) is 5.91 Å². The molecule has 0 aliphatic carbocycles. The Labute approximate surface area is 116 Å². The molecule has 0 saturated carbocycles. The van der Waals surface area contributed by atoms with Crippen LogP contribution in [0.25, 0.3) is 0 Å². The third-order valence-electron chi connectivity index (χ3n) is 2.76. The number of nitrogens with zero attached hydrogens (tertiary/aromatic N) is 2. The van der Waals surface area contributed by atoms with E-state index in [4.69, 9.17) is 0 Å². The molecule has 8 heteroatoms. The van der Waals surface area contributed by atoms with Crippen LogP contribution in [-0.4, -0.2) is 28.5 Å². The minimum atomic E-state index is -4.62. The van der Waals surface area contributed by atoms with Gasteiger partial charge in [0.05, 0.1) is 5.00 Å². The first-order valence-corrected chi connectivity index (χ1v) is 7.19. The van der Waals surface area contributed by atoms with Crippen molar-refractivity contribution in [3.63, 3.8) is 0 Å². The number of anilines is 1. The van der Waals surface area contributed by atoms with Crippen molar-refractivity contribution in [3.05, 3.63) is 17.5 Å². The van der Waals surface area contributed by atoms with Gasteiger partial charge in [-0.05, 0) is 31.4 Å². The molecule has 1 aliphatic rings. The summed E-state index contributed by atoms with van der Waals surface area (Å²) in [5.74, 6) is -1.14. The average molecular weight is 308 g/mol. The van der Waals surface area contributed by atoms with E-state index in [0.717, 1.165) is 11.9 Å². The lowest BCUT2D eigenvalue weighted by molar-refractivity contribution is -0.165. The Hall–Kier alpha value is -1.02. The number of thioether (sulfide) groups is 1. The zero-order valence-corrected chi connectivity index (χ0v) is 11.8. The number of alkyl halides is 3. The number of hydrogen-bond donors (Lipinski definition) is 0. The maximum Gasteiger partial charge on any atom is 0.412 e. The quantitative estimate of drug-likeness (QED) is 0.838. The minimum Gasteiger partial charge on any atom is -0.313 e. The van der Waals surface area contributed by atoms with Crippen molar-refractivity contribution >= 4 is 39.2 Å². The Morgan fingerprint density at radius 1 is 1.47 bits per heavy atom. The second-order valence-electron chi connectivity index (χ2n) is 4.03. The van der Waals surface area contributed by atoms with E-state index in [9.17, 15) is 18.0 Å². The fraction of sp³-hybridized carbons (Fsp3) is 0.455. The summed E-state index contributed by atoms with van der Waals surface area (Å²) in [4.78, 5) is 16.8. The first-order chi connectivity index (χ1) is 8.79. The third kappa shape index (κ3) is 2.38. The largest absolute Gasteiger partial charge is 0.412 e. The molecule has 1 aromatic heterocycles. The molecule has 1 amide bonds. The minimum absolute atomic E-state index is 0.106. The molecular formula is C11H11F3N2OS2. The number of amides is 1. The molecule has 1 atom stereocenters. The van der Waals surface area contributed by atoms with Gasteiger partial charge in [-0.25, -0.2) is 0 Å². The van der Waals surface area contributed by atoms with Crippen molar-refractivity contribution in [2.75, 3.05) is 11.4 Å². The van der Waals surface area contributed by atoms with E-state index in [1.165, 1.54) is 11.3 Å². The number of hydrogen-bond acceptors (Lipinski definition) is 4. The van der Waals surface area contributed by atoms with Crippen LogP contribution in [0.2, 0.25) is 0 Å². The lowest BCUT2D eigenvalue weighted by Gasteiger charge is -2.25. The number of rotatable bonds is 2. The van der Waals surface area contributed by atoms with Crippen molar-refractivity contribution < 1.29 is 18.0 Å². The summed E-state index contributed by atoms with van der Waals surface area (Å²) in [5, 5.41) is 2.70. The molecule has 0 N–H and O–H groups in total. The van der Waals surface area contributed by atoms with Gasteiger partial charge in [0.2, 0.25) is 0 Å². The van der Waals surface area contributed by atoms with Gasteiger partial charge in [0.1, 0.15) is 0 Å². The molecule has 0 saturated heterocycles. The average Bonchev–Trinajstić information content (AvgIpc) is 2.90. The van der Waals surface area contributed by atoms with Crippen LogP contribution in [0.4, 0.5) is 18.2 Å². The molecule has 2 rings (SSSR count). The standard InChI is InChI=1S/C11H11F3N2OS2/c1-3-16(7-5-4-6-18-7)9-15-8(17)10(2,19-9)11(12,13)14/h4-6H,3H2,1-2H3. The highest BCUT2D eigenvalue weighted by Gasteiger charge is 2.61. The molecule has 19 heavy (non-hydrogen) atoms. The lowest BCUT2D eigenvalue weighted by atomic mass is 10.1. The van der Waals surface area contributed by atoms with Gasteiger partial charge in [-0.15, -0.1) is 11.3 Å². The molecular weight excluding hydrogens is 297 g/mol. The van der Waals surface area contributed by atoms with E-state index in [2.05, 4.69) is 4.99 Å². The second-order valence-corrected chi connectivity index (χ2v) is 6.34. The normalized spacial score (nSPS) is 23.6. The SMILES string of the molecule is CCN(C1=NC(=O)C(C)(C(F)(F)F)S1)c1cccs1. The number of carbonyl (C=O) groups is 1. The van der Waals surface area contributed by atoms with E-state index in [0.29, 0.717) is 18.3 Å². The van der Waals surface area contributed by atoms with Crippen molar-refractivity contribution in [1.82, 2.24) is 0 Å². The summed E-state index contributed by atoms with van der Waals surface area (Å²) in [6, 6.07) is 3.58. The summed E-state index contributed by atoms with van der Waals surface area (Å²) in [5.41, 5.74) is 0. The van der Waals surface area contributed by atoms with Crippen LogP contribution in [0.3, 0.4) is 0 Å². The monoisotopic (exact) mass is 308 g/mol. The van der Waals surface area contributed by atoms with Gasteiger partial charge in [-0.1, -0.05) is 11.8 Å². The summed E-state index contributed by atoms with van der Waals surface area (Å²) in [6.07, 6.45) is -4.62. The number of carbonyl (C=O) groups excluding carboxylic acids is 1. The summed E-state index contributed by atoms with van der Waals surface area (Å²) in [6.45, 7) is 3.13. The van der Waals surface area contributed by atoms with E-state index < -0.39 is 16.8 Å². The molecule has 1 aromatic rings. The van der Waals surface area contributed by atoms with Gasteiger partial charge in [-0.3, -0.25) is 4.79 Å². The fourth-order valence-corrected chi connectivity index (χ4v) is 3.48. The van der Waals surface area contributed by atoms with Gasteiger partial charge in [-0.2, -0.15) is 18.2 Å². The summed E-state index contributed by atoms with van der Waals surface area (Å²) in [7, 11) is 0. The summed E-state index contributed by atoms with van der Waals surface area (Å²) < 4.78 is 36.4. The summed E-state index contributed by atoms with van der Waals surface area (Å²) >= 11 is 1.86. The van der Waals surface area contributed by atoms with E-state index >= 15 is 0 Å². The van der Waals surface area contributed by atoms with Gasteiger partial charge < -0.3 is 4.90 Å². The molecule has 0 aromatic carbocycles. The molecule has 1 unspecified atom stereocenters. The Balaban J connectivity index is 2.30. The van der Waals surface area contributed by atoms with Crippen molar-refractivity contribution in [2.24, 2.45) is 4.99 Å². The number of aliphatic imine (C=N–C) groups is 1. The molecule has 0 radical (unpaired) electrons. The lowest BCUT2D eigenvalue weighted by Crippen LogP contribution is -2.44. The number of thiophene rings is 1. The van der Waals surface area contributed by atoms with Crippen LogP contribution in [0.1, 0.15) is 13.8 Å². The van der Waals surface area contributed by atoms with Gasteiger partial charge in [0, 0.05) is 6.54 Å². The van der Waals surface area contributed by atoms with Crippen LogP contribution in [0, 0.1) is 0 Å². The molecule has 2 heterocycles. The van der Waals surface area contributed by atoms with Crippen molar-refractivity contribution in [2.45, 2.75) is 24.8 Å². The Kier molecular flexibility index (Phi) is 3.65. The third-order valence-corrected chi connectivity index (χ3v) is 4.96. The Bertz CT molecular complexity index is 513. The van der Waals surface area contributed by atoms with Gasteiger partial charge in [0.15, 0.2) is 9.91 Å². The molecule has 0 spiro atoms. The molecule has 104 valence electrons. The van der Waals surface area contributed by atoms with E-state index in [1.54, 1.807) is 24.0 Å². The topological polar surface area (TPSA) is 32.7 Å². The van der Waals surface area contributed by atoms with Crippen LogP contribution < -0.4 is 4.90 Å². The molecule has 0 bridgehead atoms.